The van der Waals surface area contributed by atoms with E-state index in [1.807, 2.05) is 0 Å². The lowest BCUT2D eigenvalue weighted by atomic mass is 9.93. The van der Waals surface area contributed by atoms with Gasteiger partial charge in [-0.1, -0.05) is 6.07 Å². The number of halogens is 4. The molecule has 1 fully saturated rings. The largest absolute Gasteiger partial charge is 0.420 e. The van der Waals surface area contributed by atoms with Crippen LogP contribution in [0.5, 0.6) is 0 Å². The van der Waals surface area contributed by atoms with E-state index in [9.17, 15) is 22.4 Å². The lowest BCUT2D eigenvalue weighted by Gasteiger charge is -2.27. The summed E-state index contributed by atoms with van der Waals surface area (Å²) in [4.78, 5) is 13.5. The van der Waals surface area contributed by atoms with Gasteiger partial charge in [0.15, 0.2) is 0 Å². The van der Waals surface area contributed by atoms with E-state index in [1.165, 1.54) is 18.2 Å². The molecule has 112 valence electrons. The summed E-state index contributed by atoms with van der Waals surface area (Å²) < 4.78 is 52.3. The Bertz CT molecular complexity index is 747. The highest BCUT2D eigenvalue weighted by Crippen LogP contribution is 2.36. The van der Waals surface area contributed by atoms with E-state index in [2.05, 4.69) is 10.3 Å². The second-order valence-corrected chi connectivity index (χ2v) is 5.17. The van der Waals surface area contributed by atoms with Gasteiger partial charge in [0.05, 0.1) is 5.52 Å². The van der Waals surface area contributed by atoms with Gasteiger partial charge in [-0.3, -0.25) is 4.79 Å². The molecule has 0 radical (unpaired) electrons. The minimum Gasteiger partial charge on any atom is -0.382 e. The Balaban J connectivity index is 2.14. The van der Waals surface area contributed by atoms with Gasteiger partial charge in [-0.25, -0.2) is 4.39 Å². The van der Waals surface area contributed by atoms with Crippen LogP contribution < -0.4 is 10.9 Å². The number of hydrogen-bond acceptors (Lipinski definition) is 2. The van der Waals surface area contributed by atoms with Crippen LogP contribution in [0.4, 0.5) is 23.2 Å². The Morgan fingerprint density at radius 1 is 1.24 bits per heavy atom. The van der Waals surface area contributed by atoms with Crippen molar-refractivity contribution in [2.24, 2.45) is 0 Å². The molecule has 0 unspecified atom stereocenters. The first kappa shape index (κ1) is 13.9. The summed E-state index contributed by atoms with van der Waals surface area (Å²) in [6.07, 6.45) is -1.79. The Morgan fingerprint density at radius 2 is 1.95 bits per heavy atom. The first-order valence-electron chi connectivity index (χ1n) is 6.55. The van der Waals surface area contributed by atoms with Crippen molar-refractivity contribution < 1.29 is 17.6 Å². The minimum atomic E-state index is -4.92. The second-order valence-electron chi connectivity index (χ2n) is 5.17. The van der Waals surface area contributed by atoms with Crippen molar-refractivity contribution in [3.8, 4) is 0 Å². The summed E-state index contributed by atoms with van der Waals surface area (Å²) in [5.74, 6) is -1.80. The molecule has 0 saturated heterocycles. The third-order valence-corrected chi connectivity index (χ3v) is 3.72. The Hall–Kier alpha value is -2.05. The van der Waals surface area contributed by atoms with E-state index < -0.39 is 23.1 Å². The molecule has 7 heteroatoms. The highest BCUT2D eigenvalue weighted by molar-refractivity contribution is 5.85. The zero-order valence-electron chi connectivity index (χ0n) is 10.9. The average Bonchev–Trinajstić information content (AvgIpc) is 2.34. The van der Waals surface area contributed by atoms with Crippen molar-refractivity contribution in [3.63, 3.8) is 0 Å². The summed E-state index contributed by atoms with van der Waals surface area (Å²) >= 11 is 0. The zero-order chi connectivity index (χ0) is 15.2. The number of aromatic amines is 1. The van der Waals surface area contributed by atoms with Gasteiger partial charge in [0.2, 0.25) is 5.82 Å². The molecule has 1 aromatic heterocycles. The smallest absolute Gasteiger partial charge is 0.382 e. The summed E-state index contributed by atoms with van der Waals surface area (Å²) in [5, 5.41) is 2.82. The van der Waals surface area contributed by atoms with Crippen molar-refractivity contribution >= 4 is 16.6 Å². The van der Waals surface area contributed by atoms with Crippen LogP contribution in [0.15, 0.2) is 23.0 Å². The van der Waals surface area contributed by atoms with Crippen LogP contribution in [-0.2, 0) is 6.18 Å². The average molecular weight is 300 g/mol. The Kier molecular flexibility index (Phi) is 3.15. The standard InChI is InChI=1S/C14H12F4N2O/c15-12-11(14(16,17)18)9-5-4-8(19-7-2-1-3-7)6-10(9)20-13(12)21/h4-7,19H,1-3H2,(H,20,21). The predicted molar refractivity (Wildman–Crippen MR) is 70.8 cm³/mol. The molecule has 1 aromatic carbocycles. The van der Waals surface area contributed by atoms with Crippen LogP contribution in [0, 0.1) is 5.82 Å². The number of pyridine rings is 1. The Labute approximate surface area is 117 Å². The number of aromatic nitrogens is 1. The van der Waals surface area contributed by atoms with Gasteiger partial charge < -0.3 is 10.3 Å². The number of H-pyrrole nitrogens is 1. The molecule has 1 aliphatic carbocycles. The van der Waals surface area contributed by atoms with Crippen LogP contribution in [0.3, 0.4) is 0 Å². The number of fused-ring (bicyclic) bond motifs is 1. The van der Waals surface area contributed by atoms with E-state index in [-0.39, 0.29) is 10.9 Å². The molecule has 21 heavy (non-hydrogen) atoms. The molecule has 1 saturated carbocycles. The number of nitrogens with one attached hydrogen (secondary N) is 2. The van der Waals surface area contributed by atoms with E-state index >= 15 is 0 Å². The highest BCUT2D eigenvalue weighted by Gasteiger charge is 2.37. The summed E-state index contributed by atoms with van der Waals surface area (Å²) in [6.45, 7) is 0. The molecular weight excluding hydrogens is 288 g/mol. The maximum absolute atomic E-state index is 13.5. The van der Waals surface area contributed by atoms with Crippen molar-refractivity contribution in [3.05, 3.63) is 39.9 Å². The summed E-state index contributed by atoms with van der Waals surface area (Å²) in [5.41, 5.74) is -2.30. The molecule has 2 N–H and O–H groups in total. The molecule has 3 rings (SSSR count). The van der Waals surface area contributed by atoms with Crippen molar-refractivity contribution in [2.75, 3.05) is 5.32 Å². The number of anilines is 1. The number of alkyl halides is 3. The minimum absolute atomic E-state index is 0.0296. The molecule has 0 aliphatic heterocycles. The number of hydrogen-bond donors (Lipinski definition) is 2. The third kappa shape index (κ3) is 2.48. The van der Waals surface area contributed by atoms with Gasteiger partial charge in [0.1, 0.15) is 5.56 Å². The molecule has 0 bridgehead atoms. The highest BCUT2D eigenvalue weighted by atomic mass is 19.4. The fourth-order valence-electron chi connectivity index (χ4n) is 2.43. The first-order chi connectivity index (χ1) is 9.86. The van der Waals surface area contributed by atoms with Crippen molar-refractivity contribution in [2.45, 2.75) is 31.5 Å². The van der Waals surface area contributed by atoms with Gasteiger partial charge in [-0.2, -0.15) is 13.2 Å². The third-order valence-electron chi connectivity index (χ3n) is 3.72. The predicted octanol–water partition coefficient (Wildman–Crippen LogP) is 3.65. The van der Waals surface area contributed by atoms with E-state index in [0.717, 1.165) is 19.3 Å². The van der Waals surface area contributed by atoms with Crippen molar-refractivity contribution in [1.82, 2.24) is 4.98 Å². The Morgan fingerprint density at radius 3 is 2.52 bits per heavy atom. The molecule has 3 nitrogen and oxygen atoms in total. The fourth-order valence-corrected chi connectivity index (χ4v) is 2.43. The van der Waals surface area contributed by atoms with Gasteiger partial charge in [-0.15, -0.1) is 0 Å². The van der Waals surface area contributed by atoms with E-state index in [1.54, 1.807) is 0 Å². The zero-order valence-corrected chi connectivity index (χ0v) is 10.9. The van der Waals surface area contributed by atoms with E-state index in [4.69, 9.17) is 0 Å². The molecule has 2 aromatic rings. The molecule has 0 amide bonds. The van der Waals surface area contributed by atoms with Crippen LogP contribution in [-0.4, -0.2) is 11.0 Å². The van der Waals surface area contributed by atoms with E-state index in [0.29, 0.717) is 11.7 Å². The normalized spacial score (nSPS) is 16.0. The lowest BCUT2D eigenvalue weighted by molar-refractivity contribution is -0.138. The van der Waals surface area contributed by atoms with Crippen LogP contribution in [0.25, 0.3) is 10.9 Å². The van der Waals surface area contributed by atoms with Crippen LogP contribution in [0.1, 0.15) is 24.8 Å². The summed E-state index contributed by atoms with van der Waals surface area (Å²) in [7, 11) is 0. The maximum Gasteiger partial charge on any atom is 0.420 e. The summed E-state index contributed by atoms with van der Waals surface area (Å²) in [6, 6.07) is 4.35. The van der Waals surface area contributed by atoms with Gasteiger partial charge in [0, 0.05) is 17.1 Å². The molecule has 0 spiro atoms. The first-order valence-corrected chi connectivity index (χ1v) is 6.55. The lowest BCUT2D eigenvalue weighted by Crippen LogP contribution is -2.27. The van der Waals surface area contributed by atoms with Crippen LogP contribution >= 0.6 is 0 Å². The quantitative estimate of drug-likeness (QED) is 0.832. The number of rotatable bonds is 2. The van der Waals surface area contributed by atoms with Crippen molar-refractivity contribution in [1.29, 1.82) is 0 Å². The fraction of sp³-hybridized carbons (Fsp3) is 0.357. The molecule has 1 aliphatic rings. The van der Waals surface area contributed by atoms with Gasteiger partial charge >= 0.3 is 6.18 Å². The monoisotopic (exact) mass is 300 g/mol. The molecule has 0 atom stereocenters. The van der Waals surface area contributed by atoms with Crippen LogP contribution in [0.2, 0.25) is 0 Å². The SMILES string of the molecule is O=c1[nH]c2cc(NC3CCC3)ccc2c(C(F)(F)F)c1F. The molecule has 1 heterocycles. The van der Waals surface area contributed by atoms with Gasteiger partial charge in [-0.05, 0) is 31.4 Å². The number of benzene rings is 1. The maximum atomic E-state index is 13.5. The second kappa shape index (κ2) is 4.75. The van der Waals surface area contributed by atoms with Gasteiger partial charge in [0.25, 0.3) is 5.56 Å². The molecular formula is C14H12F4N2O. The topological polar surface area (TPSA) is 44.9 Å².